The lowest BCUT2D eigenvalue weighted by molar-refractivity contribution is -0.120. The summed E-state index contributed by atoms with van der Waals surface area (Å²) in [6.45, 7) is 0.364. The normalized spacial score (nSPS) is 17.9. The molecule has 1 saturated carbocycles. The molecule has 1 unspecified atom stereocenters. The minimum Gasteiger partial charge on any atom is -0.386 e. The molecule has 0 aromatic rings. The van der Waals surface area contributed by atoms with E-state index in [4.69, 9.17) is 5.11 Å². The van der Waals surface area contributed by atoms with Gasteiger partial charge in [-0.3, -0.25) is 4.79 Å². The molecular formula is C9H16F2N2O2. The third-order valence-electron chi connectivity index (χ3n) is 2.21. The van der Waals surface area contributed by atoms with Gasteiger partial charge in [-0.2, -0.15) is 0 Å². The van der Waals surface area contributed by atoms with Crippen molar-refractivity contribution in [1.82, 2.24) is 10.6 Å². The highest BCUT2D eigenvalue weighted by Crippen LogP contribution is 2.27. The molecule has 3 N–H and O–H groups in total. The lowest BCUT2D eigenvalue weighted by Crippen LogP contribution is -2.39. The number of aliphatic hydroxyl groups is 1. The van der Waals surface area contributed by atoms with Crippen molar-refractivity contribution in [3.05, 3.63) is 0 Å². The van der Waals surface area contributed by atoms with Crippen LogP contribution in [-0.2, 0) is 4.79 Å². The Morgan fingerprint density at radius 2 is 2.13 bits per heavy atom. The van der Waals surface area contributed by atoms with Gasteiger partial charge in [-0.05, 0) is 18.8 Å². The molecule has 0 aromatic heterocycles. The van der Waals surface area contributed by atoms with Crippen LogP contribution in [0.2, 0.25) is 0 Å². The average molecular weight is 222 g/mol. The van der Waals surface area contributed by atoms with Gasteiger partial charge in [-0.15, -0.1) is 0 Å². The predicted octanol–water partition coefficient (Wildman–Crippen LogP) is -0.272. The third-order valence-corrected chi connectivity index (χ3v) is 2.21. The zero-order valence-electron chi connectivity index (χ0n) is 8.38. The van der Waals surface area contributed by atoms with Crippen LogP contribution in [0.15, 0.2) is 0 Å². The molecule has 1 fully saturated rings. The lowest BCUT2D eigenvalue weighted by Gasteiger charge is -2.10. The van der Waals surface area contributed by atoms with Gasteiger partial charge < -0.3 is 15.7 Å². The van der Waals surface area contributed by atoms with Gasteiger partial charge in [-0.25, -0.2) is 8.78 Å². The fourth-order valence-electron chi connectivity index (χ4n) is 1.07. The highest BCUT2D eigenvalue weighted by Gasteiger charge is 2.21. The SMILES string of the molecule is O=C(CNCC(O)C(F)F)NCC1CC1. The van der Waals surface area contributed by atoms with Gasteiger partial charge in [0.1, 0.15) is 6.10 Å². The molecule has 6 heteroatoms. The predicted molar refractivity (Wildman–Crippen MR) is 50.6 cm³/mol. The number of carbonyl (C=O) groups is 1. The Balaban J connectivity index is 1.95. The molecule has 0 heterocycles. The van der Waals surface area contributed by atoms with Crippen LogP contribution in [0.5, 0.6) is 0 Å². The van der Waals surface area contributed by atoms with Crippen molar-refractivity contribution in [1.29, 1.82) is 0 Å². The van der Waals surface area contributed by atoms with Gasteiger partial charge in [0.25, 0.3) is 6.43 Å². The molecule has 1 aliphatic rings. The zero-order chi connectivity index (χ0) is 11.3. The monoisotopic (exact) mass is 222 g/mol. The molecule has 0 aliphatic heterocycles. The first-order valence-electron chi connectivity index (χ1n) is 5.03. The number of rotatable bonds is 7. The molecule has 0 bridgehead atoms. The highest BCUT2D eigenvalue weighted by molar-refractivity contribution is 5.77. The second kappa shape index (κ2) is 5.97. The van der Waals surface area contributed by atoms with Crippen LogP contribution in [0.25, 0.3) is 0 Å². The van der Waals surface area contributed by atoms with Crippen molar-refractivity contribution in [3.8, 4) is 0 Å². The smallest absolute Gasteiger partial charge is 0.265 e. The summed E-state index contributed by atoms with van der Waals surface area (Å²) in [6, 6.07) is 0. The Bertz CT molecular complexity index is 210. The van der Waals surface area contributed by atoms with Crippen molar-refractivity contribution in [3.63, 3.8) is 0 Å². The largest absolute Gasteiger partial charge is 0.386 e. The number of hydrogen-bond acceptors (Lipinski definition) is 3. The third kappa shape index (κ3) is 5.64. The summed E-state index contributed by atoms with van der Waals surface area (Å²) in [5, 5.41) is 13.9. The second-order valence-electron chi connectivity index (χ2n) is 3.78. The van der Waals surface area contributed by atoms with Crippen LogP contribution >= 0.6 is 0 Å². The van der Waals surface area contributed by atoms with E-state index < -0.39 is 12.5 Å². The van der Waals surface area contributed by atoms with E-state index in [1.165, 1.54) is 0 Å². The van der Waals surface area contributed by atoms with E-state index in [1.54, 1.807) is 0 Å². The fraction of sp³-hybridized carbons (Fsp3) is 0.889. The van der Waals surface area contributed by atoms with Crippen LogP contribution in [0.3, 0.4) is 0 Å². The summed E-state index contributed by atoms with van der Waals surface area (Å²) in [5.74, 6) is 0.379. The highest BCUT2D eigenvalue weighted by atomic mass is 19.3. The molecule has 0 spiro atoms. The number of carbonyl (C=O) groups excluding carboxylic acids is 1. The molecule has 1 amide bonds. The molecule has 0 aromatic carbocycles. The Kier molecular flexibility index (Phi) is 4.90. The molecule has 15 heavy (non-hydrogen) atoms. The van der Waals surface area contributed by atoms with Gasteiger partial charge in [0.05, 0.1) is 6.54 Å². The first kappa shape index (κ1) is 12.3. The summed E-state index contributed by atoms with van der Waals surface area (Å²) >= 11 is 0. The van der Waals surface area contributed by atoms with Crippen molar-refractivity contribution in [2.45, 2.75) is 25.4 Å². The van der Waals surface area contributed by atoms with E-state index in [0.29, 0.717) is 12.5 Å². The number of halogens is 2. The fourth-order valence-corrected chi connectivity index (χ4v) is 1.07. The van der Waals surface area contributed by atoms with Gasteiger partial charge >= 0.3 is 0 Å². The second-order valence-corrected chi connectivity index (χ2v) is 3.78. The Morgan fingerprint density at radius 1 is 1.47 bits per heavy atom. The number of alkyl halides is 2. The summed E-state index contributed by atoms with van der Waals surface area (Å²) in [4.78, 5) is 11.1. The van der Waals surface area contributed by atoms with Crippen LogP contribution < -0.4 is 10.6 Å². The molecular weight excluding hydrogens is 206 g/mol. The minimum absolute atomic E-state index is 0.0313. The van der Waals surface area contributed by atoms with E-state index in [9.17, 15) is 13.6 Å². The number of aliphatic hydroxyl groups excluding tert-OH is 1. The number of hydrogen-bond donors (Lipinski definition) is 3. The first-order valence-corrected chi connectivity index (χ1v) is 5.03. The molecule has 4 nitrogen and oxygen atoms in total. The Morgan fingerprint density at radius 3 is 2.67 bits per heavy atom. The quantitative estimate of drug-likeness (QED) is 0.555. The standard InChI is InChI=1S/C9H16F2N2O2/c10-9(11)7(14)4-12-5-8(15)13-3-6-1-2-6/h6-7,9,12,14H,1-5H2,(H,13,15). The van der Waals surface area contributed by atoms with Crippen molar-refractivity contribution < 1.29 is 18.7 Å². The van der Waals surface area contributed by atoms with E-state index >= 15 is 0 Å². The van der Waals surface area contributed by atoms with Crippen molar-refractivity contribution >= 4 is 5.91 Å². The summed E-state index contributed by atoms with van der Waals surface area (Å²) < 4.78 is 23.6. The minimum atomic E-state index is -2.77. The molecule has 0 saturated heterocycles. The van der Waals surface area contributed by atoms with Crippen LogP contribution in [0.1, 0.15) is 12.8 Å². The van der Waals surface area contributed by atoms with Gasteiger partial charge in [0, 0.05) is 13.1 Å². The van der Waals surface area contributed by atoms with Gasteiger partial charge in [0.2, 0.25) is 5.91 Å². The van der Waals surface area contributed by atoms with E-state index in [0.717, 1.165) is 12.8 Å². The maximum absolute atomic E-state index is 11.8. The summed E-state index contributed by atoms with van der Waals surface area (Å²) in [6.07, 6.45) is -2.18. The van der Waals surface area contributed by atoms with E-state index in [-0.39, 0.29) is 19.0 Å². The van der Waals surface area contributed by atoms with Crippen LogP contribution in [-0.4, -0.2) is 43.2 Å². The molecule has 1 rings (SSSR count). The van der Waals surface area contributed by atoms with Gasteiger partial charge in [-0.1, -0.05) is 0 Å². The van der Waals surface area contributed by atoms with E-state index in [1.807, 2.05) is 0 Å². The number of amides is 1. The van der Waals surface area contributed by atoms with Crippen LogP contribution in [0, 0.1) is 5.92 Å². The van der Waals surface area contributed by atoms with Crippen LogP contribution in [0.4, 0.5) is 8.78 Å². The lowest BCUT2D eigenvalue weighted by atomic mass is 10.3. The summed E-state index contributed by atoms with van der Waals surface area (Å²) in [7, 11) is 0. The molecule has 1 aliphatic carbocycles. The van der Waals surface area contributed by atoms with E-state index in [2.05, 4.69) is 10.6 Å². The molecule has 1 atom stereocenters. The first-order chi connectivity index (χ1) is 7.09. The zero-order valence-corrected chi connectivity index (χ0v) is 8.38. The van der Waals surface area contributed by atoms with Crippen molar-refractivity contribution in [2.24, 2.45) is 5.92 Å². The maximum atomic E-state index is 11.8. The topological polar surface area (TPSA) is 61.4 Å². The molecule has 88 valence electrons. The van der Waals surface area contributed by atoms with Crippen molar-refractivity contribution in [2.75, 3.05) is 19.6 Å². The molecule has 0 radical (unpaired) electrons. The van der Waals surface area contributed by atoms with Gasteiger partial charge in [0.15, 0.2) is 0 Å². The maximum Gasteiger partial charge on any atom is 0.265 e. The average Bonchev–Trinajstić information content (AvgIpc) is 2.97. The summed E-state index contributed by atoms with van der Waals surface area (Å²) in [5.41, 5.74) is 0. The Hall–Kier alpha value is -0.750. The Labute approximate surface area is 87.0 Å². The number of nitrogens with one attached hydrogen (secondary N) is 2.